The van der Waals surface area contributed by atoms with Crippen LogP contribution < -0.4 is 4.74 Å². The van der Waals surface area contributed by atoms with E-state index in [0.29, 0.717) is 18.6 Å². The summed E-state index contributed by atoms with van der Waals surface area (Å²) in [5.41, 5.74) is 2.79. The fraction of sp³-hybridized carbons (Fsp3) is 0.591. The number of isothiocyanates is 3. The zero-order valence-corrected chi connectivity index (χ0v) is 21.0. The molecule has 160 valence electrons. The molecule has 2 rings (SSSR count). The van der Waals surface area contributed by atoms with Crippen molar-refractivity contribution in [2.45, 2.75) is 76.7 Å². The number of rotatable bonds is 12. The molecule has 0 aromatic heterocycles. The van der Waals surface area contributed by atoms with Crippen LogP contribution in [-0.4, -0.2) is 30.6 Å². The van der Waals surface area contributed by atoms with E-state index in [1.807, 2.05) is 0 Å². The molecule has 0 aliphatic heterocycles. The second-order valence-electron chi connectivity index (χ2n) is 7.65. The van der Waals surface area contributed by atoms with Gasteiger partial charge in [-0.2, -0.15) is 0 Å². The molecule has 1 fully saturated rings. The largest absolute Gasteiger partial charge is 0.493 e. The summed E-state index contributed by atoms with van der Waals surface area (Å²) in [4.78, 5) is 0. The molecule has 0 heterocycles. The van der Waals surface area contributed by atoms with Gasteiger partial charge >= 0.3 is 8.56 Å². The van der Waals surface area contributed by atoms with Crippen LogP contribution >= 0.6 is 36.7 Å². The maximum Gasteiger partial charge on any atom is 0.461 e. The number of unbranched alkanes of at least 4 members (excludes halogenated alkanes) is 1. The Morgan fingerprint density at radius 1 is 1.00 bits per heavy atom. The second kappa shape index (κ2) is 13.8. The lowest BCUT2D eigenvalue weighted by Crippen LogP contribution is -2.28. The summed E-state index contributed by atoms with van der Waals surface area (Å²) in [6.45, 7) is 2.79. The molecule has 0 amide bonds. The second-order valence-corrected chi connectivity index (χ2v) is 10.9. The molecule has 4 nitrogen and oxygen atoms in total. The van der Waals surface area contributed by atoms with Crippen molar-refractivity contribution in [3.63, 3.8) is 0 Å². The highest BCUT2D eigenvalue weighted by molar-refractivity contribution is 7.78. The van der Waals surface area contributed by atoms with E-state index in [4.69, 9.17) is 41.4 Å². The molecule has 1 aliphatic rings. The van der Waals surface area contributed by atoms with Crippen LogP contribution in [0, 0.1) is 0 Å². The average molecular weight is 476 g/mol. The predicted octanol–water partition coefficient (Wildman–Crippen LogP) is 7.09. The van der Waals surface area contributed by atoms with Crippen LogP contribution in [0.25, 0.3) is 0 Å². The zero-order chi connectivity index (χ0) is 21.7. The molecule has 1 saturated carbocycles. The molecule has 1 aromatic carbocycles. The Morgan fingerprint density at radius 2 is 1.67 bits per heavy atom. The SMILES string of the molecule is CCCCc1ccc(OCCC[Si](N=C=S)(N=C=S)N=C=S)c(C2CCCCC2)c1. The normalized spacial score (nSPS) is 15.8. The molecule has 0 N–H and O–H groups in total. The molecule has 0 atom stereocenters. The summed E-state index contributed by atoms with van der Waals surface area (Å²) >= 11 is 14.3. The first-order valence-electron chi connectivity index (χ1n) is 10.7. The lowest BCUT2D eigenvalue weighted by atomic mass is 9.83. The number of benzene rings is 1. The van der Waals surface area contributed by atoms with Crippen molar-refractivity contribution in [1.82, 2.24) is 0 Å². The van der Waals surface area contributed by atoms with Gasteiger partial charge in [0.15, 0.2) is 0 Å². The molecule has 0 radical (unpaired) electrons. The summed E-state index contributed by atoms with van der Waals surface area (Å²) in [6, 6.07) is 7.32. The summed E-state index contributed by atoms with van der Waals surface area (Å²) in [5.74, 6) is 1.60. The van der Waals surface area contributed by atoms with Crippen LogP contribution in [0.15, 0.2) is 32.2 Å². The molecular weight excluding hydrogens is 447 g/mol. The lowest BCUT2D eigenvalue weighted by molar-refractivity contribution is 0.307. The summed E-state index contributed by atoms with van der Waals surface area (Å²) in [6.07, 6.45) is 10.7. The first-order chi connectivity index (χ1) is 14.7. The number of thiocarbonyl (C=S) groups is 3. The standard InChI is InChI=1S/C22H29N3OS3Si/c1-2-3-8-19-11-12-22(21(15-19)20-9-5-4-6-10-20)26-13-7-14-30(23-16-27,24-17-28)25-18-29/h11-12,15,20H,2-10,13-14H2,1H3. The number of ether oxygens (including phenoxy) is 1. The van der Waals surface area contributed by atoms with Gasteiger partial charge in [-0.05, 0) is 91.9 Å². The van der Waals surface area contributed by atoms with E-state index in [1.165, 1.54) is 56.1 Å². The van der Waals surface area contributed by atoms with Gasteiger partial charge in [0.1, 0.15) is 5.75 Å². The Morgan fingerprint density at radius 3 is 2.27 bits per heavy atom. The van der Waals surface area contributed by atoms with Crippen molar-refractivity contribution in [2.24, 2.45) is 14.0 Å². The van der Waals surface area contributed by atoms with Gasteiger partial charge in [0.05, 0.1) is 22.1 Å². The Bertz CT molecular complexity index is 792. The molecule has 8 heteroatoms. The third-order valence-electron chi connectivity index (χ3n) is 5.53. The van der Waals surface area contributed by atoms with Gasteiger partial charge in [-0.3, -0.25) is 0 Å². The Labute approximate surface area is 197 Å². The fourth-order valence-corrected chi connectivity index (χ4v) is 6.81. The van der Waals surface area contributed by atoms with Gasteiger partial charge in [0.2, 0.25) is 0 Å². The molecule has 30 heavy (non-hydrogen) atoms. The third kappa shape index (κ3) is 7.71. The van der Waals surface area contributed by atoms with Crippen molar-refractivity contribution in [3.8, 4) is 5.75 Å². The van der Waals surface area contributed by atoms with Crippen molar-refractivity contribution < 1.29 is 4.74 Å². The highest BCUT2D eigenvalue weighted by Gasteiger charge is 2.34. The molecule has 1 aromatic rings. The fourth-order valence-electron chi connectivity index (χ4n) is 3.95. The van der Waals surface area contributed by atoms with Crippen LogP contribution in [0.2, 0.25) is 6.04 Å². The Kier molecular flexibility index (Phi) is 11.5. The van der Waals surface area contributed by atoms with Crippen molar-refractivity contribution in [1.29, 1.82) is 0 Å². The van der Waals surface area contributed by atoms with Gasteiger partial charge < -0.3 is 4.74 Å². The predicted molar refractivity (Wildman–Crippen MR) is 137 cm³/mol. The quantitative estimate of drug-likeness (QED) is 0.140. The average Bonchev–Trinajstić information content (AvgIpc) is 2.77. The molecule has 0 unspecified atom stereocenters. The zero-order valence-electron chi connectivity index (χ0n) is 17.6. The van der Waals surface area contributed by atoms with Crippen molar-refractivity contribution in [2.75, 3.05) is 6.61 Å². The number of hydrogen-bond donors (Lipinski definition) is 0. The van der Waals surface area contributed by atoms with E-state index < -0.39 is 8.56 Å². The van der Waals surface area contributed by atoms with Gasteiger partial charge in [-0.15, -0.1) is 0 Å². The first kappa shape index (κ1) is 24.9. The van der Waals surface area contributed by atoms with Gasteiger partial charge in [-0.1, -0.05) is 44.7 Å². The van der Waals surface area contributed by atoms with E-state index in [0.717, 1.165) is 18.6 Å². The highest BCUT2D eigenvalue weighted by Crippen LogP contribution is 2.38. The monoisotopic (exact) mass is 475 g/mol. The van der Waals surface area contributed by atoms with E-state index >= 15 is 0 Å². The first-order valence-corrected chi connectivity index (χ1v) is 14.0. The minimum atomic E-state index is -2.85. The molecular formula is C22H29N3OS3Si. The Hall–Kier alpha value is -1.36. The van der Waals surface area contributed by atoms with Gasteiger partial charge in [0.25, 0.3) is 0 Å². The topological polar surface area (TPSA) is 46.3 Å². The number of nitrogens with zero attached hydrogens (tertiary/aromatic N) is 3. The van der Waals surface area contributed by atoms with E-state index in [2.05, 4.69) is 54.6 Å². The number of hydrogen-bond acceptors (Lipinski definition) is 7. The summed E-state index contributed by atoms with van der Waals surface area (Å²) in [7, 11) is -2.85. The number of aryl methyl sites for hydroxylation is 1. The minimum absolute atomic E-state index is 0.551. The maximum atomic E-state index is 6.24. The van der Waals surface area contributed by atoms with Crippen LogP contribution in [0.5, 0.6) is 5.75 Å². The van der Waals surface area contributed by atoms with Crippen molar-refractivity contribution >= 4 is 60.7 Å². The minimum Gasteiger partial charge on any atom is -0.493 e. The van der Waals surface area contributed by atoms with E-state index in [-0.39, 0.29) is 0 Å². The summed E-state index contributed by atoms with van der Waals surface area (Å²) in [5, 5.41) is 7.14. The highest BCUT2D eigenvalue weighted by atomic mass is 32.1. The van der Waals surface area contributed by atoms with Crippen molar-refractivity contribution in [3.05, 3.63) is 29.3 Å². The Balaban J connectivity index is 2.10. The molecule has 1 aliphatic carbocycles. The van der Waals surface area contributed by atoms with Crippen LogP contribution in [0.4, 0.5) is 0 Å². The van der Waals surface area contributed by atoms with E-state index in [1.54, 1.807) is 0 Å². The maximum absolute atomic E-state index is 6.24. The van der Waals surface area contributed by atoms with Gasteiger partial charge in [-0.25, -0.2) is 14.0 Å². The third-order valence-corrected chi connectivity index (χ3v) is 8.72. The van der Waals surface area contributed by atoms with Crippen LogP contribution in [-0.2, 0) is 6.42 Å². The smallest absolute Gasteiger partial charge is 0.461 e. The lowest BCUT2D eigenvalue weighted by Gasteiger charge is -2.25. The molecule has 0 saturated heterocycles. The van der Waals surface area contributed by atoms with Gasteiger partial charge in [0, 0.05) is 6.04 Å². The molecule has 0 bridgehead atoms. The van der Waals surface area contributed by atoms with E-state index in [9.17, 15) is 0 Å². The summed E-state index contributed by atoms with van der Waals surface area (Å²) < 4.78 is 18.7. The van der Waals surface area contributed by atoms with Crippen LogP contribution in [0.1, 0.15) is 75.3 Å². The molecule has 0 spiro atoms. The van der Waals surface area contributed by atoms with Crippen LogP contribution in [0.3, 0.4) is 0 Å².